The molecule has 0 aliphatic carbocycles. The van der Waals surface area contributed by atoms with Gasteiger partial charge in [0.2, 0.25) is 0 Å². The summed E-state index contributed by atoms with van der Waals surface area (Å²) in [7, 11) is 0. The highest BCUT2D eigenvalue weighted by molar-refractivity contribution is 9.10. The van der Waals surface area contributed by atoms with Gasteiger partial charge in [0.25, 0.3) is 5.69 Å². The maximum absolute atomic E-state index is 11.8. The zero-order chi connectivity index (χ0) is 12.3. The van der Waals surface area contributed by atoms with Gasteiger partial charge in [-0.25, -0.2) is 0 Å². The molecule has 0 heterocycles. The van der Waals surface area contributed by atoms with Gasteiger partial charge in [0.1, 0.15) is 5.56 Å². The number of benzene rings is 1. The van der Waals surface area contributed by atoms with Crippen LogP contribution in [-0.2, 0) is 6.61 Å². The minimum Gasteiger partial charge on any atom is -0.392 e. The lowest BCUT2D eigenvalue weighted by atomic mass is 10.0. The van der Waals surface area contributed by atoms with Crippen molar-refractivity contribution in [2.45, 2.75) is 18.4 Å². The normalized spacial score (nSPS) is 12.2. The number of nitro benzene ring substituents is 1. The first-order valence-electron chi connectivity index (χ1n) is 4.54. The van der Waals surface area contributed by atoms with Crippen LogP contribution < -0.4 is 0 Å². The second-order valence-corrected chi connectivity index (χ2v) is 4.58. The topological polar surface area (TPSA) is 80.4 Å². The highest BCUT2D eigenvalue weighted by Crippen LogP contribution is 2.25. The van der Waals surface area contributed by atoms with Crippen molar-refractivity contribution in [1.82, 2.24) is 0 Å². The summed E-state index contributed by atoms with van der Waals surface area (Å²) >= 11 is 3.07. The number of Topliss-reactive ketones (excluding diaryl/α,β-unsaturated/α-hetero) is 1. The number of halogens is 1. The van der Waals surface area contributed by atoms with Crippen LogP contribution in [0.3, 0.4) is 0 Å². The van der Waals surface area contributed by atoms with E-state index in [1.807, 2.05) is 0 Å². The molecule has 1 N–H and O–H groups in total. The minimum atomic E-state index is -0.623. The lowest BCUT2D eigenvalue weighted by molar-refractivity contribution is -0.385. The summed E-state index contributed by atoms with van der Waals surface area (Å²) in [4.78, 5) is 21.4. The fraction of sp³-hybridized carbons (Fsp3) is 0.300. The van der Waals surface area contributed by atoms with Crippen LogP contribution in [-0.4, -0.2) is 20.6 Å². The molecule has 0 saturated carbocycles. The van der Waals surface area contributed by atoms with Gasteiger partial charge in [-0.15, -0.1) is 0 Å². The Hall–Kier alpha value is -1.27. The molecule has 0 radical (unpaired) electrons. The summed E-state index contributed by atoms with van der Waals surface area (Å²) in [5.41, 5.74) is -0.0345. The molecule has 1 atom stereocenters. The summed E-state index contributed by atoms with van der Waals surface area (Å²) in [6.45, 7) is 1.18. The third-order valence-electron chi connectivity index (χ3n) is 2.10. The van der Waals surface area contributed by atoms with Crippen LogP contribution in [0.15, 0.2) is 18.2 Å². The molecule has 86 valence electrons. The third-order valence-corrected chi connectivity index (χ3v) is 2.52. The van der Waals surface area contributed by atoms with E-state index in [0.717, 1.165) is 0 Å². The molecule has 1 rings (SSSR count). The van der Waals surface area contributed by atoms with Crippen molar-refractivity contribution in [1.29, 1.82) is 0 Å². The average molecular weight is 288 g/mol. The van der Waals surface area contributed by atoms with E-state index in [9.17, 15) is 14.9 Å². The number of hydrogen-bond acceptors (Lipinski definition) is 4. The molecule has 0 amide bonds. The number of nitrogens with zero attached hydrogens (tertiary/aromatic N) is 1. The van der Waals surface area contributed by atoms with Crippen LogP contribution in [0, 0.1) is 10.1 Å². The Balaban J connectivity index is 3.42. The van der Waals surface area contributed by atoms with Gasteiger partial charge in [-0.2, -0.15) is 0 Å². The molecular weight excluding hydrogens is 278 g/mol. The maximum Gasteiger partial charge on any atom is 0.280 e. The summed E-state index contributed by atoms with van der Waals surface area (Å²) in [6, 6.07) is 4.19. The van der Waals surface area contributed by atoms with Crippen LogP contribution in [0.1, 0.15) is 22.8 Å². The summed E-state index contributed by atoms with van der Waals surface area (Å²) in [6.07, 6.45) is 0. The van der Waals surface area contributed by atoms with Gasteiger partial charge >= 0.3 is 0 Å². The molecule has 0 spiro atoms. The fourth-order valence-corrected chi connectivity index (χ4v) is 1.58. The predicted molar refractivity (Wildman–Crippen MR) is 61.7 cm³/mol. The van der Waals surface area contributed by atoms with E-state index < -0.39 is 22.1 Å². The molecule has 6 heteroatoms. The van der Waals surface area contributed by atoms with Gasteiger partial charge in [0.05, 0.1) is 16.4 Å². The number of aliphatic hydroxyl groups is 1. The number of nitro groups is 1. The van der Waals surface area contributed by atoms with E-state index in [1.165, 1.54) is 18.2 Å². The van der Waals surface area contributed by atoms with Crippen molar-refractivity contribution < 1.29 is 14.8 Å². The van der Waals surface area contributed by atoms with Gasteiger partial charge < -0.3 is 5.11 Å². The Morgan fingerprint density at radius 2 is 2.25 bits per heavy atom. The quantitative estimate of drug-likeness (QED) is 0.398. The Kier molecular flexibility index (Phi) is 4.14. The molecule has 0 bridgehead atoms. The number of rotatable bonds is 4. The van der Waals surface area contributed by atoms with Gasteiger partial charge in [0.15, 0.2) is 5.78 Å². The monoisotopic (exact) mass is 287 g/mol. The van der Waals surface area contributed by atoms with E-state index in [2.05, 4.69) is 15.9 Å². The Bertz CT molecular complexity index is 431. The van der Waals surface area contributed by atoms with Crippen molar-refractivity contribution in [3.05, 3.63) is 39.4 Å². The van der Waals surface area contributed by atoms with E-state index in [1.54, 1.807) is 6.92 Å². The Labute approximate surface area is 100 Å². The van der Waals surface area contributed by atoms with Gasteiger partial charge in [-0.1, -0.05) is 28.1 Å². The van der Waals surface area contributed by atoms with Gasteiger partial charge in [0, 0.05) is 6.07 Å². The smallest absolute Gasteiger partial charge is 0.280 e. The third kappa shape index (κ3) is 2.45. The predicted octanol–water partition coefficient (Wildman–Crippen LogP) is 2.05. The van der Waals surface area contributed by atoms with Crippen LogP contribution >= 0.6 is 15.9 Å². The van der Waals surface area contributed by atoms with E-state index in [-0.39, 0.29) is 16.8 Å². The van der Waals surface area contributed by atoms with E-state index in [0.29, 0.717) is 0 Å². The highest BCUT2D eigenvalue weighted by Gasteiger charge is 2.25. The summed E-state index contributed by atoms with van der Waals surface area (Å²) in [5, 5.41) is 19.8. The van der Waals surface area contributed by atoms with E-state index >= 15 is 0 Å². The SMILES string of the molecule is CC(Br)C(=O)c1c(CO)cccc1[N+](=O)[O-]. The van der Waals surface area contributed by atoms with Crippen molar-refractivity contribution in [2.75, 3.05) is 0 Å². The minimum absolute atomic E-state index is 0.0284. The molecule has 5 nitrogen and oxygen atoms in total. The van der Waals surface area contributed by atoms with Crippen molar-refractivity contribution in [2.24, 2.45) is 0 Å². The first kappa shape index (κ1) is 12.8. The molecule has 0 aromatic heterocycles. The van der Waals surface area contributed by atoms with Crippen molar-refractivity contribution in [3.63, 3.8) is 0 Å². The van der Waals surface area contributed by atoms with Gasteiger partial charge in [-0.05, 0) is 12.5 Å². The second kappa shape index (κ2) is 5.18. The number of hydrogen-bond donors (Lipinski definition) is 1. The average Bonchev–Trinajstić information content (AvgIpc) is 2.26. The molecule has 0 fully saturated rings. The first-order valence-corrected chi connectivity index (χ1v) is 5.46. The molecule has 1 unspecified atom stereocenters. The maximum atomic E-state index is 11.8. The number of aliphatic hydroxyl groups excluding tert-OH is 1. The Morgan fingerprint density at radius 3 is 2.69 bits per heavy atom. The second-order valence-electron chi connectivity index (χ2n) is 3.21. The molecular formula is C10H10BrNO4. The molecule has 16 heavy (non-hydrogen) atoms. The standard InChI is InChI=1S/C10H10BrNO4/c1-6(11)10(14)9-7(5-13)3-2-4-8(9)12(15)16/h2-4,6,13H,5H2,1H3. The van der Waals surface area contributed by atoms with Gasteiger partial charge in [-0.3, -0.25) is 14.9 Å². The fourth-order valence-electron chi connectivity index (χ4n) is 1.35. The molecule has 0 aliphatic heterocycles. The highest BCUT2D eigenvalue weighted by atomic mass is 79.9. The zero-order valence-corrected chi connectivity index (χ0v) is 10.1. The van der Waals surface area contributed by atoms with Crippen LogP contribution in [0.4, 0.5) is 5.69 Å². The molecule has 0 aliphatic rings. The van der Waals surface area contributed by atoms with Crippen LogP contribution in [0.5, 0.6) is 0 Å². The molecule has 1 aromatic carbocycles. The Morgan fingerprint density at radius 1 is 1.62 bits per heavy atom. The summed E-state index contributed by atoms with van der Waals surface area (Å²) < 4.78 is 0. The lowest BCUT2D eigenvalue weighted by Crippen LogP contribution is -2.15. The van der Waals surface area contributed by atoms with Crippen molar-refractivity contribution >= 4 is 27.4 Å². The van der Waals surface area contributed by atoms with Crippen LogP contribution in [0.2, 0.25) is 0 Å². The lowest BCUT2D eigenvalue weighted by Gasteiger charge is -2.08. The first-order chi connectivity index (χ1) is 7.49. The van der Waals surface area contributed by atoms with E-state index in [4.69, 9.17) is 5.11 Å². The number of carbonyl (C=O) groups is 1. The number of alkyl halides is 1. The summed E-state index contributed by atoms with van der Waals surface area (Å²) in [5.74, 6) is -0.406. The van der Waals surface area contributed by atoms with Crippen molar-refractivity contribution in [3.8, 4) is 0 Å². The number of ketones is 1. The van der Waals surface area contributed by atoms with Crippen LogP contribution in [0.25, 0.3) is 0 Å². The molecule has 0 saturated heterocycles. The number of carbonyl (C=O) groups excluding carboxylic acids is 1. The molecule has 1 aromatic rings. The zero-order valence-electron chi connectivity index (χ0n) is 8.51. The largest absolute Gasteiger partial charge is 0.392 e.